The first-order valence-electron chi connectivity index (χ1n) is 5.40. The van der Waals surface area contributed by atoms with E-state index in [0.717, 1.165) is 44.8 Å². The van der Waals surface area contributed by atoms with Gasteiger partial charge in [0, 0.05) is 26.3 Å². The lowest BCUT2D eigenvalue weighted by molar-refractivity contribution is 0.124. The molecule has 1 aromatic heterocycles. The van der Waals surface area contributed by atoms with Crippen LogP contribution in [0.3, 0.4) is 0 Å². The second-order valence-electron chi connectivity index (χ2n) is 3.75. The molecule has 1 fully saturated rings. The van der Waals surface area contributed by atoms with Crippen LogP contribution in [0.1, 0.15) is 12.8 Å². The molecule has 1 saturated heterocycles. The molecule has 0 radical (unpaired) electrons. The molecule has 1 aliphatic heterocycles. The zero-order valence-corrected chi connectivity index (χ0v) is 8.85. The summed E-state index contributed by atoms with van der Waals surface area (Å²) in [5.41, 5.74) is 6.72. The van der Waals surface area contributed by atoms with Gasteiger partial charge in [0.15, 0.2) is 0 Å². The molecule has 1 aliphatic rings. The van der Waals surface area contributed by atoms with Crippen LogP contribution in [0.25, 0.3) is 0 Å². The van der Waals surface area contributed by atoms with E-state index in [9.17, 15) is 0 Å². The molecule has 0 amide bonds. The second-order valence-corrected chi connectivity index (χ2v) is 3.75. The topological polar surface area (TPSA) is 51.4 Å². The van der Waals surface area contributed by atoms with Gasteiger partial charge in [0.1, 0.15) is 5.82 Å². The van der Waals surface area contributed by atoms with Crippen LogP contribution in [-0.2, 0) is 4.74 Å². The standard InChI is InChI=1S/C11H17N3O/c12-11-4-3-10(9-13-11)14-5-1-7-15-8-2-6-14/h3-4,9H,1-2,5-8H2,(H2,12,13). The van der Waals surface area contributed by atoms with Gasteiger partial charge < -0.3 is 15.4 Å². The molecule has 0 aliphatic carbocycles. The smallest absolute Gasteiger partial charge is 0.123 e. The minimum atomic E-state index is 0.578. The van der Waals surface area contributed by atoms with Gasteiger partial charge in [-0.2, -0.15) is 0 Å². The van der Waals surface area contributed by atoms with E-state index in [1.165, 1.54) is 0 Å². The Hall–Kier alpha value is -1.29. The van der Waals surface area contributed by atoms with Crippen molar-refractivity contribution in [1.82, 2.24) is 4.98 Å². The number of rotatable bonds is 1. The van der Waals surface area contributed by atoms with Gasteiger partial charge in [0.05, 0.1) is 11.9 Å². The predicted molar refractivity (Wildman–Crippen MR) is 60.9 cm³/mol. The van der Waals surface area contributed by atoms with Crippen molar-refractivity contribution in [3.8, 4) is 0 Å². The number of pyridine rings is 1. The van der Waals surface area contributed by atoms with Crippen LogP contribution in [0, 0.1) is 0 Å². The van der Waals surface area contributed by atoms with E-state index in [-0.39, 0.29) is 0 Å². The van der Waals surface area contributed by atoms with E-state index < -0.39 is 0 Å². The number of nitrogens with two attached hydrogens (primary N) is 1. The fraction of sp³-hybridized carbons (Fsp3) is 0.545. The van der Waals surface area contributed by atoms with E-state index >= 15 is 0 Å². The van der Waals surface area contributed by atoms with Gasteiger partial charge in [0.25, 0.3) is 0 Å². The normalized spacial score (nSPS) is 18.3. The van der Waals surface area contributed by atoms with Gasteiger partial charge in [-0.05, 0) is 25.0 Å². The molecule has 2 heterocycles. The maximum Gasteiger partial charge on any atom is 0.123 e. The quantitative estimate of drug-likeness (QED) is 0.753. The summed E-state index contributed by atoms with van der Waals surface area (Å²) in [5.74, 6) is 0.578. The number of anilines is 2. The van der Waals surface area contributed by atoms with Crippen molar-refractivity contribution in [3.05, 3.63) is 18.3 Å². The summed E-state index contributed by atoms with van der Waals surface area (Å²) >= 11 is 0. The van der Waals surface area contributed by atoms with Gasteiger partial charge >= 0.3 is 0 Å². The van der Waals surface area contributed by atoms with Crippen LogP contribution < -0.4 is 10.6 Å². The van der Waals surface area contributed by atoms with Crippen LogP contribution in [-0.4, -0.2) is 31.3 Å². The predicted octanol–water partition coefficient (Wildman–Crippen LogP) is 1.28. The van der Waals surface area contributed by atoms with Crippen LogP contribution >= 0.6 is 0 Å². The van der Waals surface area contributed by atoms with Crippen molar-refractivity contribution in [2.24, 2.45) is 0 Å². The highest BCUT2D eigenvalue weighted by Gasteiger charge is 2.08. The Kier molecular flexibility index (Phi) is 3.40. The monoisotopic (exact) mass is 207 g/mol. The Bertz CT molecular complexity index is 291. The largest absolute Gasteiger partial charge is 0.384 e. The fourth-order valence-electron chi connectivity index (χ4n) is 1.77. The highest BCUT2D eigenvalue weighted by Crippen LogP contribution is 2.15. The van der Waals surface area contributed by atoms with Crippen molar-refractivity contribution in [2.75, 3.05) is 36.9 Å². The zero-order valence-electron chi connectivity index (χ0n) is 8.85. The van der Waals surface area contributed by atoms with Crippen molar-refractivity contribution in [2.45, 2.75) is 12.8 Å². The van der Waals surface area contributed by atoms with Gasteiger partial charge in [-0.1, -0.05) is 0 Å². The molecule has 0 atom stereocenters. The minimum Gasteiger partial charge on any atom is -0.384 e. The highest BCUT2D eigenvalue weighted by atomic mass is 16.5. The number of hydrogen-bond donors (Lipinski definition) is 1. The van der Waals surface area contributed by atoms with Gasteiger partial charge in [-0.3, -0.25) is 0 Å². The van der Waals surface area contributed by atoms with Crippen molar-refractivity contribution < 1.29 is 4.74 Å². The molecule has 0 aromatic carbocycles. The van der Waals surface area contributed by atoms with Crippen LogP contribution in [0.2, 0.25) is 0 Å². The van der Waals surface area contributed by atoms with Gasteiger partial charge in [0.2, 0.25) is 0 Å². The van der Waals surface area contributed by atoms with Gasteiger partial charge in [-0.25, -0.2) is 4.98 Å². The molecule has 82 valence electrons. The molecule has 0 unspecified atom stereocenters. The minimum absolute atomic E-state index is 0.578. The number of nitrogen functional groups attached to an aromatic ring is 1. The third-order valence-corrected chi connectivity index (χ3v) is 2.57. The first kappa shape index (κ1) is 10.2. The second kappa shape index (κ2) is 4.98. The number of aromatic nitrogens is 1. The molecule has 1 aromatic rings. The molecule has 4 nitrogen and oxygen atoms in total. The highest BCUT2D eigenvalue weighted by molar-refractivity contribution is 5.47. The summed E-state index contributed by atoms with van der Waals surface area (Å²) in [6.45, 7) is 3.79. The van der Waals surface area contributed by atoms with Crippen molar-refractivity contribution in [1.29, 1.82) is 0 Å². The first-order chi connectivity index (χ1) is 7.36. The lowest BCUT2D eigenvalue weighted by atomic mass is 10.2. The zero-order chi connectivity index (χ0) is 10.5. The third kappa shape index (κ3) is 2.83. The molecule has 0 spiro atoms. The number of hydrogen-bond acceptors (Lipinski definition) is 4. The Balaban J connectivity index is 2.03. The maximum absolute atomic E-state index is 5.56. The summed E-state index contributed by atoms with van der Waals surface area (Å²) in [6.07, 6.45) is 3.99. The van der Waals surface area contributed by atoms with Gasteiger partial charge in [-0.15, -0.1) is 0 Å². The molecule has 0 bridgehead atoms. The van der Waals surface area contributed by atoms with E-state index in [2.05, 4.69) is 9.88 Å². The average molecular weight is 207 g/mol. The number of ether oxygens (including phenoxy) is 1. The molecular formula is C11H17N3O. The molecule has 0 saturated carbocycles. The van der Waals surface area contributed by atoms with E-state index in [4.69, 9.17) is 10.5 Å². The molecule has 15 heavy (non-hydrogen) atoms. The van der Waals surface area contributed by atoms with Crippen LogP contribution in [0.15, 0.2) is 18.3 Å². The molecular weight excluding hydrogens is 190 g/mol. The SMILES string of the molecule is Nc1ccc(N2CCCOCCC2)cn1. The Labute approximate surface area is 90.0 Å². The summed E-state index contributed by atoms with van der Waals surface area (Å²) in [6, 6.07) is 3.88. The molecule has 4 heteroatoms. The summed E-state index contributed by atoms with van der Waals surface area (Å²) in [5, 5.41) is 0. The maximum atomic E-state index is 5.56. The van der Waals surface area contributed by atoms with Crippen LogP contribution in [0.4, 0.5) is 11.5 Å². The van der Waals surface area contributed by atoms with E-state index in [1.807, 2.05) is 18.3 Å². The lowest BCUT2D eigenvalue weighted by Crippen LogP contribution is -2.29. The Morgan fingerprint density at radius 2 is 1.93 bits per heavy atom. The molecule has 2 rings (SSSR count). The number of nitrogens with zero attached hydrogens (tertiary/aromatic N) is 2. The van der Waals surface area contributed by atoms with Crippen molar-refractivity contribution in [3.63, 3.8) is 0 Å². The van der Waals surface area contributed by atoms with E-state index in [1.54, 1.807) is 0 Å². The van der Waals surface area contributed by atoms with Crippen LogP contribution in [0.5, 0.6) is 0 Å². The summed E-state index contributed by atoms with van der Waals surface area (Å²) in [7, 11) is 0. The third-order valence-electron chi connectivity index (χ3n) is 2.57. The summed E-state index contributed by atoms with van der Waals surface area (Å²) < 4.78 is 5.42. The Morgan fingerprint density at radius 1 is 1.20 bits per heavy atom. The molecule has 2 N–H and O–H groups in total. The lowest BCUT2D eigenvalue weighted by Gasteiger charge is -2.26. The van der Waals surface area contributed by atoms with E-state index in [0.29, 0.717) is 5.82 Å². The van der Waals surface area contributed by atoms with Crippen molar-refractivity contribution >= 4 is 11.5 Å². The Morgan fingerprint density at radius 3 is 2.53 bits per heavy atom. The summed E-state index contributed by atoms with van der Waals surface area (Å²) in [4.78, 5) is 6.46. The first-order valence-corrected chi connectivity index (χ1v) is 5.40. The fourth-order valence-corrected chi connectivity index (χ4v) is 1.77. The average Bonchev–Trinajstić information content (AvgIpc) is 2.19.